The molecule has 2 aromatic rings. The van der Waals surface area contributed by atoms with Crippen molar-refractivity contribution in [3.63, 3.8) is 0 Å². The molecule has 0 aliphatic heterocycles. The number of carbonyl (C=O) groups is 2. The molecule has 1 amide bonds. The molecule has 0 saturated heterocycles. The Morgan fingerprint density at radius 2 is 2.00 bits per heavy atom. The van der Waals surface area contributed by atoms with Crippen molar-refractivity contribution in [2.75, 3.05) is 13.6 Å². The summed E-state index contributed by atoms with van der Waals surface area (Å²) in [5.41, 5.74) is 0.967. The van der Waals surface area contributed by atoms with Gasteiger partial charge in [-0.1, -0.05) is 37.3 Å². The maximum Gasteiger partial charge on any atom is 0.308 e. The number of aromatic nitrogens is 1. The van der Waals surface area contributed by atoms with E-state index in [9.17, 15) is 9.59 Å². The Labute approximate surface area is 141 Å². The van der Waals surface area contributed by atoms with Crippen molar-refractivity contribution in [2.45, 2.75) is 26.2 Å². The summed E-state index contributed by atoms with van der Waals surface area (Å²) in [4.78, 5) is 28.5. The van der Waals surface area contributed by atoms with E-state index < -0.39 is 11.9 Å². The summed E-state index contributed by atoms with van der Waals surface area (Å²) in [6.07, 6.45) is 3.21. The smallest absolute Gasteiger partial charge is 0.308 e. The lowest BCUT2D eigenvalue weighted by atomic mass is 10.1. The number of aryl methyl sites for hydroxylation is 1. The van der Waals surface area contributed by atoms with E-state index in [4.69, 9.17) is 9.52 Å². The number of rotatable bonds is 8. The molecule has 0 saturated carbocycles. The maximum atomic E-state index is 12.0. The van der Waals surface area contributed by atoms with Gasteiger partial charge in [0.1, 0.15) is 0 Å². The fourth-order valence-corrected chi connectivity index (χ4v) is 2.33. The average Bonchev–Trinajstić information content (AvgIpc) is 3.04. The van der Waals surface area contributed by atoms with E-state index in [-0.39, 0.29) is 12.5 Å². The van der Waals surface area contributed by atoms with Gasteiger partial charge in [-0.25, -0.2) is 4.98 Å². The van der Waals surface area contributed by atoms with Gasteiger partial charge in [0.2, 0.25) is 5.91 Å². The molecule has 0 spiro atoms. The molecule has 1 aromatic heterocycles. The number of carboxylic acid groups (broad SMARTS) is 1. The van der Waals surface area contributed by atoms with Crippen molar-refractivity contribution < 1.29 is 19.1 Å². The minimum absolute atomic E-state index is 0.0714. The first-order valence-electron chi connectivity index (χ1n) is 7.94. The molecular formula is C18H22N2O4. The molecule has 1 unspecified atom stereocenters. The molecule has 0 aliphatic rings. The molecule has 1 aromatic carbocycles. The first-order valence-corrected chi connectivity index (χ1v) is 7.94. The topological polar surface area (TPSA) is 83.6 Å². The van der Waals surface area contributed by atoms with E-state index in [1.807, 2.05) is 30.3 Å². The van der Waals surface area contributed by atoms with E-state index in [1.54, 1.807) is 20.2 Å². The van der Waals surface area contributed by atoms with Crippen LogP contribution in [0.15, 0.2) is 40.9 Å². The van der Waals surface area contributed by atoms with Gasteiger partial charge in [0.05, 0.1) is 12.1 Å². The van der Waals surface area contributed by atoms with E-state index >= 15 is 0 Å². The Hall–Kier alpha value is -2.63. The second-order valence-electron chi connectivity index (χ2n) is 5.85. The van der Waals surface area contributed by atoms with Crippen molar-refractivity contribution >= 4 is 11.9 Å². The van der Waals surface area contributed by atoms with Gasteiger partial charge in [-0.3, -0.25) is 9.59 Å². The summed E-state index contributed by atoms with van der Waals surface area (Å²) in [7, 11) is 1.63. The third-order valence-electron chi connectivity index (χ3n) is 3.79. The average molecular weight is 330 g/mol. The largest absolute Gasteiger partial charge is 0.481 e. The van der Waals surface area contributed by atoms with Gasteiger partial charge in [-0.2, -0.15) is 0 Å². The van der Waals surface area contributed by atoms with E-state index in [2.05, 4.69) is 4.98 Å². The lowest BCUT2D eigenvalue weighted by Crippen LogP contribution is -2.33. The van der Waals surface area contributed by atoms with Crippen LogP contribution in [0.1, 0.15) is 25.7 Å². The number of oxazole rings is 1. The first kappa shape index (κ1) is 17.7. The predicted octanol–water partition coefficient (Wildman–Crippen LogP) is 2.84. The number of amides is 1. The number of hydrogen-bond donors (Lipinski definition) is 1. The lowest BCUT2D eigenvalue weighted by Gasteiger charge is -2.19. The maximum absolute atomic E-state index is 12.0. The van der Waals surface area contributed by atoms with Crippen LogP contribution < -0.4 is 0 Å². The van der Waals surface area contributed by atoms with Crippen LogP contribution in [0.25, 0.3) is 11.3 Å². The van der Waals surface area contributed by atoms with Gasteiger partial charge >= 0.3 is 5.97 Å². The zero-order chi connectivity index (χ0) is 17.5. The number of benzene rings is 1. The van der Waals surface area contributed by atoms with Crippen LogP contribution >= 0.6 is 0 Å². The second kappa shape index (κ2) is 8.29. The number of aliphatic carboxylic acids is 1. The number of carbonyl (C=O) groups excluding carboxylic acids is 1. The van der Waals surface area contributed by atoms with E-state index in [0.717, 1.165) is 5.56 Å². The number of hydrogen-bond acceptors (Lipinski definition) is 4. The summed E-state index contributed by atoms with van der Waals surface area (Å²) in [6, 6.07) is 9.71. The second-order valence-corrected chi connectivity index (χ2v) is 5.85. The van der Waals surface area contributed by atoms with Crippen LogP contribution in [0, 0.1) is 5.92 Å². The van der Waals surface area contributed by atoms with Crippen LogP contribution in [0.5, 0.6) is 0 Å². The zero-order valence-corrected chi connectivity index (χ0v) is 13.9. The van der Waals surface area contributed by atoms with Crippen molar-refractivity contribution in [1.29, 1.82) is 0 Å². The highest BCUT2D eigenvalue weighted by Crippen LogP contribution is 2.20. The molecule has 0 radical (unpaired) electrons. The molecule has 2 rings (SSSR count). The summed E-state index contributed by atoms with van der Waals surface area (Å²) in [5, 5.41) is 8.88. The van der Waals surface area contributed by atoms with Crippen LogP contribution in [-0.4, -0.2) is 40.5 Å². The third kappa shape index (κ3) is 4.94. The minimum atomic E-state index is -0.900. The Bertz CT molecular complexity index is 681. The fourth-order valence-electron chi connectivity index (χ4n) is 2.33. The SMILES string of the molecule is CC(CN(C)C(=O)CCCc1ncc(-c2ccccc2)o1)C(=O)O. The fraction of sp³-hybridized carbons (Fsp3) is 0.389. The van der Waals surface area contributed by atoms with Gasteiger partial charge in [-0.15, -0.1) is 0 Å². The lowest BCUT2D eigenvalue weighted by molar-refractivity contribution is -0.142. The molecule has 6 heteroatoms. The van der Waals surface area contributed by atoms with Crippen molar-refractivity contribution in [1.82, 2.24) is 9.88 Å². The van der Waals surface area contributed by atoms with E-state index in [1.165, 1.54) is 4.90 Å². The monoisotopic (exact) mass is 330 g/mol. The van der Waals surface area contributed by atoms with Crippen LogP contribution in [0.4, 0.5) is 0 Å². The Morgan fingerprint density at radius 3 is 2.67 bits per heavy atom. The summed E-state index contributed by atoms with van der Waals surface area (Å²) in [6.45, 7) is 1.80. The molecule has 128 valence electrons. The molecular weight excluding hydrogens is 308 g/mol. The van der Waals surface area contributed by atoms with Crippen LogP contribution in [-0.2, 0) is 16.0 Å². The predicted molar refractivity (Wildman–Crippen MR) is 89.3 cm³/mol. The number of carboxylic acids is 1. The third-order valence-corrected chi connectivity index (χ3v) is 3.79. The molecule has 1 N–H and O–H groups in total. The molecule has 24 heavy (non-hydrogen) atoms. The van der Waals surface area contributed by atoms with Gasteiger partial charge in [-0.05, 0) is 6.42 Å². The molecule has 0 bridgehead atoms. The highest BCUT2D eigenvalue weighted by Gasteiger charge is 2.17. The Balaban J connectivity index is 1.79. The quantitative estimate of drug-likeness (QED) is 0.804. The summed E-state index contributed by atoms with van der Waals surface area (Å²) >= 11 is 0. The molecule has 1 atom stereocenters. The van der Waals surface area contributed by atoms with Gasteiger partial charge in [0.25, 0.3) is 0 Å². The molecule has 6 nitrogen and oxygen atoms in total. The van der Waals surface area contributed by atoms with Crippen LogP contribution in [0.2, 0.25) is 0 Å². The molecule has 0 fully saturated rings. The van der Waals surface area contributed by atoms with Crippen molar-refractivity contribution in [3.8, 4) is 11.3 Å². The van der Waals surface area contributed by atoms with E-state index in [0.29, 0.717) is 30.9 Å². The number of nitrogens with zero attached hydrogens (tertiary/aromatic N) is 2. The van der Waals surface area contributed by atoms with Crippen molar-refractivity contribution in [2.24, 2.45) is 5.92 Å². The van der Waals surface area contributed by atoms with Gasteiger partial charge in [0, 0.05) is 32.0 Å². The summed E-state index contributed by atoms with van der Waals surface area (Å²) in [5.74, 6) is -0.229. The highest BCUT2D eigenvalue weighted by atomic mass is 16.4. The Kier molecular flexibility index (Phi) is 6.12. The first-order chi connectivity index (χ1) is 11.5. The van der Waals surface area contributed by atoms with Crippen molar-refractivity contribution in [3.05, 3.63) is 42.4 Å². The standard InChI is InChI=1S/C18H22N2O4/c1-13(18(22)23)12-20(2)17(21)10-6-9-16-19-11-15(24-16)14-7-4-3-5-8-14/h3-5,7-8,11,13H,6,9-10,12H2,1-2H3,(H,22,23). The Morgan fingerprint density at radius 1 is 1.29 bits per heavy atom. The van der Waals surface area contributed by atoms with Crippen LogP contribution in [0.3, 0.4) is 0 Å². The van der Waals surface area contributed by atoms with Gasteiger partial charge in [0.15, 0.2) is 11.7 Å². The minimum Gasteiger partial charge on any atom is -0.481 e. The van der Waals surface area contributed by atoms with Gasteiger partial charge < -0.3 is 14.4 Å². The summed E-state index contributed by atoms with van der Waals surface area (Å²) < 4.78 is 5.69. The molecule has 1 heterocycles. The zero-order valence-electron chi connectivity index (χ0n) is 13.9. The normalized spacial score (nSPS) is 11.9. The molecule has 0 aliphatic carbocycles. The highest BCUT2D eigenvalue weighted by molar-refractivity contribution is 5.77.